The number of carbonyl (C=O) groups is 1. The molecule has 2 amide bonds. The van der Waals surface area contributed by atoms with Crippen LogP contribution in [0.15, 0.2) is 16.6 Å². The van der Waals surface area contributed by atoms with Crippen molar-refractivity contribution in [3.63, 3.8) is 0 Å². The fourth-order valence-corrected chi connectivity index (χ4v) is 3.48. The number of aryl methyl sites for hydroxylation is 2. The number of benzene rings is 1. The first-order valence-electron chi connectivity index (χ1n) is 9.37. The molecule has 0 bridgehead atoms. The Morgan fingerprint density at radius 2 is 1.88 bits per heavy atom. The molecule has 0 fully saturated rings. The van der Waals surface area contributed by atoms with Crippen LogP contribution in [-0.2, 0) is 4.74 Å². The van der Waals surface area contributed by atoms with Crippen molar-refractivity contribution in [3.8, 4) is 0 Å². The van der Waals surface area contributed by atoms with Gasteiger partial charge in [-0.25, -0.2) is 4.79 Å². The number of unbranched alkanes of at least 4 members (excludes halogenated alkanes) is 1. The van der Waals surface area contributed by atoms with Crippen molar-refractivity contribution < 1.29 is 9.53 Å². The lowest BCUT2D eigenvalue weighted by molar-refractivity contribution is 0.0925. The van der Waals surface area contributed by atoms with Gasteiger partial charge in [0, 0.05) is 29.9 Å². The standard InChI is InChI=1S/C20H33BrN2O2/c1-5-7-9-17(6-2)14-25-11-8-10-22-20(24)23-19-15(3)12-18(21)13-16(19)4/h12-13,17H,5-11,14H2,1-4H3,(H2,22,23,24). The van der Waals surface area contributed by atoms with Gasteiger partial charge in [0.2, 0.25) is 0 Å². The van der Waals surface area contributed by atoms with Gasteiger partial charge in [-0.05, 0) is 55.9 Å². The number of rotatable bonds is 11. The highest BCUT2D eigenvalue weighted by molar-refractivity contribution is 9.10. The van der Waals surface area contributed by atoms with E-state index in [1.807, 2.05) is 26.0 Å². The average Bonchev–Trinajstić information content (AvgIpc) is 2.56. The molecule has 5 heteroatoms. The summed E-state index contributed by atoms with van der Waals surface area (Å²) in [6, 6.07) is 3.83. The van der Waals surface area contributed by atoms with E-state index in [1.165, 1.54) is 25.7 Å². The summed E-state index contributed by atoms with van der Waals surface area (Å²) < 4.78 is 6.78. The third kappa shape index (κ3) is 8.73. The van der Waals surface area contributed by atoms with E-state index in [0.29, 0.717) is 19.1 Å². The number of nitrogens with one attached hydrogen (secondary N) is 2. The van der Waals surface area contributed by atoms with E-state index < -0.39 is 0 Å². The number of hydrogen-bond acceptors (Lipinski definition) is 2. The third-order valence-electron chi connectivity index (χ3n) is 4.38. The second-order valence-electron chi connectivity index (χ2n) is 6.64. The van der Waals surface area contributed by atoms with Crippen molar-refractivity contribution in [3.05, 3.63) is 27.7 Å². The average molecular weight is 413 g/mol. The molecule has 4 nitrogen and oxygen atoms in total. The van der Waals surface area contributed by atoms with Crippen molar-refractivity contribution in [1.82, 2.24) is 5.32 Å². The van der Waals surface area contributed by atoms with Gasteiger partial charge in [-0.15, -0.1) is 0 Å². The van der Waals surface area contributed by atoms with Gasteiger partial charge in [0.05, 0.1) is 0 Å². The molecule has 2 N–H and O–H groups in total. The Morgan fingerprint density at radius 3 is 2.48 bits per heavy atom. The van der Waals surface area contributed by atoms with Crippen LogP contribution < -0.4 is 10.6 Å². The Hall–Kier alpha value is -1.07. The smallest absolute Gasteiger partial charge is 0.319 e. The predicted molar refractivity (Wildman–Crippen MR) is 109 cm³/mol. The Bertz CT molecular complexity index is 511. The highest BCUT2D eigenvalue weighted by Crippen LogP contribution is 2.24. The van der Waals surface area contributed by atoms with Crippen molar-refractivity contribution in [2.75, 3.05) is 25.1 Å². The summed E-state index contributed by atoms with van der Waals surface area (Å²) in [5.41, 5.74) is 2.96. The summed E-state index contributed by atoms with van der Waals surface area (Å²) in [6.07, 6.45) is 5.77. The largest absolute Gasteiger partial charge is 0.381 e. The third-order valence-corrected chi connectivity index (χ3v) is 4.84. The van der Waals surface area contributed by atoms with E-state index in [1.54, 1.807) is 0 Å². The van der Waals surface area contributed by atoms with Crippen LogP contribution in [0.4, 0.5) is 10.5 Å². The topological polar surface area (TPSA) is 50.4 Å². The second-order valence-corrected chi connectivity index (χ2v) is 7.56. The van der Waals surface area contributed by atoms with Crippen LogP contribution in [0.5, 0.6) is 0 Å². The maximum atomic E-state index is 12.0. The van der Waals surface area contributed by atoms with Crippen LogP contribution in [0.1, 0.15) is 57.1 Å². The zero-order chi connectivity index (χ0) is 18.7. The molecular formula is C20H33BrN2O2. The Balaban J connectivity index is 2.21. The Kier molecular flexibility index (Phi) is 10.8. The number of amides is 2. The molecule has 0 aromatic heterocycles. The van der Waals surface area contributed by atoms with Crippen LogP contribution in [0, 0.1) is 19.8 Å². The van der Waals surface area contributed by atoms with Gasteiger partial charge >= 0.3 is 6.03 Å². The fraction of sp³-hybridized carbons (Fsp3) is 0.650. The van der Waals surface area contributed by atoms with Crippen LogP contribution in [0.3, 0.4) is 0 Å². The van der Waals surface area contributed by atoms with Gasteiger partial charge in [-0.2, -0.15) is 0 Å². The zero-order valence-electron chi connectivity index (χ0n) is 16.1. The molecule has 0 aliphatic heterocycles. The van der Waals surface area contributed by atoms with Gasteiger partial charge in [-0.1, -0.05) is 49.0 Å². The highest BCUT2D eigenvalue weighted by atomic mass is 79.9. The van der Waals surface area contributed by atoms with Gasteiger partial charge in [0.25, 0.3) is 0 Å². The van der Waals surface area contributed by atoms with Gasteiger partial charge in [0.15, 0.2) is 0 Å². The SMILES string of the molecule is CCCCC(CC)COCCCNC(=O)Nc1c(C)cc(Br)cc1C. The minimum Gasteiger partial charge on any atom is -0.381 e. The van der Waals surface area contributed by atoms with Crippen molar-refractivity contribution >= 4 is 27.6 Å². The number of urea groups is 1. The van der Waals surface area contributed by atoms with E-state index in [9.17, 15) is 4.79 Å². The van der Waals surface area contributed by atoms with E-state index >= 15 is 0 Å². The first-order valence-corrected chi connectivity index (χ1v) is 10.2. The summed E-state index contributed by atoms with van der Waals surface area (Å²) in [5, 5.41) is 5.83. The lowest BCUT2D eigenvalue weighted by Gasteiger charge is -2.15. The lowest BCUT2D eigenvalue weighted by Crippen LogP contribution is -2.30. The number of halogens is 1. The van der Waals surface area contributed by atoms with E-state index in [2.05, 4.69) is 40.4 Å². The molecule has 0 spiro atoms. The van der Waals surface area contributed by atoms with Crippen LogP contribution >= 0.6 is 15.9 Å². The van der Waals surface area contributed by atoms with Gasteiger partial charge in [0.1, 0.15) is 0 Å². The summed E-state index contributed by atoms with van der Waals surface area (Å²) in [4.78, 5) is 12.0. The lowest BCUT2D eigenvalue weighted by atomic mass is 10.0. The minimum absolute atomic E-state index is 0.164. The van der Waals surface area contributed by atoms with Crippen LogP contribution in [0.2, 0.25) is 0 Å². The number of ether oxygens (including phenoxy) is 1. The molecule has 0 saturated carbocycles. The molecule has 1 unspecified atom stereocenters. The monoisotopic (exact) mass is 412 g/mol. The van der Waals surface area contributed by atoms with Crippen LogP contribution in [-0.4, -0.2) is 25.8 Å². The molecule has 0 aliphatic carbocycles. The van der Waals surface area contributed by atoms with E-state index in [0.717, 1.165) is 34.3 Å². The molecule has 1 aromatic rings. The van der Waals surface area contributed by atoms with E-state index in [4.69, 9.17) is 4.74 Å². The maximum Gasteiger partial charge on any atom is 0.319 e. The molecule has 0 saturated heterocycles. The van der Waals surface area contributed by atoms with E-state index in [-0.39, 0.29) is 6.03 Å². The van der Waals surface area contributed by atoms with Crippen molar-refractivity contribution in [2.45, 2.75) is 59.8 Å². The number of anilines is 1. The maximum absolute atomic E-state index is 12.0. The summed E-state index contributed by atoms with van der Waals surface area (Å²) in [6.45, 7) is 10.6. The van der Waals surface area contributed by atoms with Gasteiger partial charge in [-0.3, -0.25) is 0 Å². The molecule has 0 heterocycles. The Labute approximate surface area is 161 Å². The molecular weight excluding hydrogens is 380 g/mol. The number of carbonyl (C=O) groups excluding carboxylic acids is 1. The molecule has 1 aromatic carbocycles. The molecule has 1 atom stereocenters. The molecule has 0 radical (unpaired) electrons. The molecule has 1 rings (SSSR count). The minimum atomic E-state index is -0.164. The molecule has 0 aliphatic rings. The summed E-state index contributed by atoms with van der Waals surface area (Å²) in [5.74, 6) is 0.666. The molecule has 142 valence electrons. The van der Waals surface area contributed by atoms with Gasteiger partial charge < -0.3 is 15.4 Å². The zero-order valence-corrected chi connectivity index (χ0v) is 17.7. The Morgan fingerprint density at radius 1 is 1.20 bits per heavy atom. The molecule has 25 heavy (non-hydrogen) atoms. The predicted octanol–water partition coefficient (Wildman–Crippen LogP) is 5.81. The highest BCUT2D eigenvalue weighted by Gasteiger charge is 2.08. The van der Waals surface area contributed by atoms with Crippen molar-refractivity contribution in [1.29, 1.82) is 0 Å². The first-order chi connectivity index (χ1) is 12.0. The first kappa shape index (κ1) is 22.0. The quantitative estimate of drug-likeness (QED) is 0.450. The normalized spacial score (nSPS) is 12.0. The summed E-state index contributed by atoms with van der Waals surface area (Å²) >= 11 is 3.47. The fourth-order valence-electron chi connectivity index (χ4n) is 2.79. The summed E-state index contributed by atoms with van der Waals surface area (Å²) in [7, 11) is 0. The second kappa shape index (κ2) is 12.3. The van der Waals surface area contributed by atoms with Crippen molar-refractivity contribution in [2.24, 2.45) is 5.92 Å². The number of hydrogen-bond donors (Lipinski definition) is 2. The van der Waals surface area contributed by atoms with Crippen LogP contribution in [0.25, 0.3) is 0 Å².